The summed E-state index contributed by atoms with van der Waals surface area (Å²) in [5.41, 5.74) is 0. The summed E-state index contributed by atoms with van der Waals surface area (Å²) in [6.07, 6.45) is -1.43. The Morgan fingerprint density at radius 3 is 2.25 bits per heavy atom. The molecule has 0 aromatic heterocycles. The second-order valence-electron chi connectivity index (χ2n) is 3.38. The molecular formula is C9H19N3O4. The Morgan fingerprint density at radius 2 is 1.88 bits per heavy atom. The van der Waals surface area contributed by atoms with E-state index in [0.29, 0.717) is 13.2 Å². The van der Waals surface area contributed by atoms with Crippen molar-refractivity contribution in [2.75, 3.05) is 46.0 Å². The summed E-state index contributed by atoms with van der Waals surface area (Å²) in [5.74, 6) is 0. The van der Waals surface area contributed by atoms with E-state index in [9.17, 15) is 4.79 Å². The molecule has 7 nitrogen and oxygen atoms in total. The molecule has 0 bridgehead atoms. The Hall–Kier alpha value is -0.890. The zero-order valence-corrected chi connectivity index (χ0v) is 9.20. The Morgan fingerprint density at radius 1 is 1.19 bits per heavy atom. The minimum Gasteiger partial charge on any atom is -0.465 e. The van der Waals surface area contributed by atoms with E-state index in [1.807, 2.05) is 0 Å². The van der Waals surface area contributed by atoms with Crippen molar-refractivity contribution < 1.29 is 19.4 Å². The predicted molar refractivity (Wildman–Crippen MR) is 57.5 cm³/mol. The van der Waals surface area contributed by atoms with Gasteiger partial charge >= 0.3 is 6.09 Å². The summed E-state index contributed by atoms with van der Waals surface area (Å²) >= 11 is 0. The number of rotatable bonds is 1. The van der Waals surface area contributed by atoms with Gasteiger partial charge in [-0.2, -0.15) is 0 Å². The first-order valence-electron chi connectivity index (χ1n) is 5.39. The van der Waals surface area contributed by atoms with E-state index in [4.69, 9.17) is 14.6 Å². The summed E-state index contributed by atoms with van der Waals surface area (Å²) in [7, 11) is 0. The Bertz CT molecular complexity index is 182. The van der Waals surface area contributed by atoms with Crippen LogP contribution in [0.3, 0.4) is 0 Å². The minimum absolute atomic E-state index is 0.383. The molecule has 0 aromatic rings. The largest absolute Gasteiger partial charge is 0.465 e. The quantitative estimate of drug-likeness (QED) is 0.455. The lowest BCUT2D eigenvalue weighted by Gasteiger charge is -2.22. The van der Waals surface area contributed by atoms with Gasteiger partial charge in [-0.15, -0.1) is 0 Å². The number of carboxylic acid groups (broad SMARTS) is 1. The zero-order valence-electron chi connectivity index (χ0n) is 9.20. The third-order valence-electron chi connectivity index (χ3n) is 2.06. The molecule has 7 heteroatoms. The molecule has 1 atom stereocenters. The van der Waals surface area contributed by atoms with Crippen molar-refractivity contribution in [3.05, 3.63) is 0 Å². The van der Waals surface area contributed by atoms with Crippen molar-refractivity contribution in [3.8, 4) is 0 Å². The standard InChI is InChI=1S/C5H10N2O3.C4H9NO/c8-5(9)7-4-3-6-1-2-10-4;1-3-6-4-2-5-1/h4,6-7H,1-3H2,(H,8,9);5H,1-4H2. The van der Waals surface area contributed by atoms with Crippen molar-refractivity contribution in [1.82, 2.24) is 16.0 Å². The average molecular weight is 233 g/mol. The van der Waals surface area contributed by atoms with Crippen molar-refractivity contribution in [2.45, 2.75) is 6.23 Å². The first-order valence-corrected chi connectivity index (χ1v) is 5.39. The van der Waals surface area contributed by atoms with Crippen LogP contribution in [0.5, 0.6) is 0 Å². The SMILES string of the molecule is C1COCCN1.O=C(O)NC1CNCCO1. The molecule has 4 N–H and O–H groups in total. The fraction of sp³-hybridized carbons (Fsp3) is 0.889. The smallest absolute Gasteiger partial charge is 0.406 e. The molecule has 0 spiro atoms. The first-order chi connectivity index (χ1) is 7.79. The molecule has 2 aliphatic rings. The Balaban J connectivity index is 0.000000181. The summed E-state index contributed by atoms with van der Waals surface area (Å²) < 4.78 is 10.0. The highest BCUT2D eigenvalue weighted by atomic mass is 16.5. The van der Waals surface area contributed by atoms with Crippen molar-refractivity contribution in [3.63, 3.8) is 0 Å². The maximum absolute atomic E-state index is 10.0. The van der Waals surface area contributed by atoms with Crippen LogP contribution >= 0.6 is 0 Å². The summed E-state index contributed by atoms with van der Waals surface area (Å²) in [6, 6.07) is 0. The van der Waals surface area contributed by atoms with Crippen molar-refractivity contribution >= 4 is 6.09 Å². The van der Waals surface area contributed by atoms with Crippen LogP contribution in [0.4, 0.5) is 4.79 Å². The predicted octanol–water partition coefficient (Wildman–Crippen LogP) is -1.19. The summed E-state index contributed by atoms with van der Waals surface area (Å²) in [6.45, 7) is 5.73. The molecule has 2 fully saturated rings. The van der Waals surface area contributed by atoms with Crippen LogP contribution in [0.2, 0.25) is 0 Å². The van der Waals surface area contributed by atoms with Gasteiger partial charge in [0.05, 0.1) is 19.8 Å². The van der Waals surface area contributed by atoms with Crippen LogP contribution in [0.15, 0.2) is 0 Å². The molecule has 0 radical (unpaired) electrons. The molecule has 2 aliphatic heterocycles. The zero-order chi connectivity index (χ0) is 11.6. The number of carbonyl (C=O) groups is 1. The van der Waals surface area contributed by atoms with Crippen molar-refractivity contribution in [1.29, 1.82) is 0 Å². The van der Waals surface area contributed by atoms with E-state index in [1.54, 1.807) is 0 Å². The van der Waals surface area contributed by atoms with Gasteiger partial charge in [-0.25, -0.2) is 4.79 Å². The second-order valence-corrected chi connectivity index (χ2v) is 3.38. The molecule has 0 aromatic carbocycles. The summed E-state index contributed by atoms with van der Waals surface area (Å²) in [5, 5.41) is 16.6. The van der Waals surface area contributed by atoms with Gasteiger partial charge in [0, 0.05) is 26.2 Å². The lowest BCUT2D eigenvalue weighted by atomic mass is 10.4. The minimum atomic E-state index is -1.05. The Labute approximate surface area is 94.5 Å². The number of nitrogens with one attached hydrogen (secondary N) is 3. The molecule has 2 heterocycles. The number of ether oxygens (including phenoxy) is 2. The monoisotopic (exact) mass is 233 g/mol. The van der Waals surface area contributed by atoms with Gasteiger partial charge in [0.2, 0.25) is 0 Å². The Kier molecular flexibility index (Phi) is 6.82. The molecule has 94 valence electrons. The van der Waals surface area contributed by atoms with Crippen LogP contribution in [0.1, 0.15) is 0 Å². The maximum atomic E-state index is 10.0. The molecule has 2 saturated heterocycles. The lowest BCUT2D eigenvalue weighted by Crippen LogP contribution is -2.48. The van der Waals surface area contributed by atoms with Crippen LogP contribution in [-0.2, 0) is 9.47 Å². The molecule has 16 heavy (non-hydrogen) atoms. The van der Waals surface area contributed by atoms with Gasteiger partial charge < -0.3 is 25.2 Å². The van der Waals surface area contributed by atoms with E-state index in [1.165, 1.54) is 0 Å². The van der Waals surface area contributed by atoms with E-state index in [2.05, 4.69) is 16.0 Å². The van der Waals surface area contributed by atoms with Crippen molar-refractivity contribution in [2.24, 2.45) is 0 Å². The fourth-order valence-corrected chi connectivity index (χ4v) is 1.31. The third-order valence-corrected chi connectivity index (χ3v) is 2.06. The first kappa shape index (κ1) is 13.2. The highest BCUT2D eigenvalue weighted by Crippen LogP contribution is 1.90. The number of morpholine rings is 2. The third kappa shape index (κ3) is 6.57. The number of hydrogen-bond acceptors (Lipinski definition) is 5. The van der Waals surface area contributed by atoms with E-state index in [0.717, 1.165) is 32.8 Å². The van der Waals surface area contributed by atoms with Gasteiger partial charge in [0.15, 0.2) is 0 Å². The summed E-state index contributed by atoms with van der Waals surface area (Å²) in [4.78, 5) is 10.0. The second kappa shape index (κ2) is 8.28. The van der Waals surface area contributed by atoms with Crippen LogP contribution in [0.25, 0.3) is 0 Å². The van der Waals surface area contributed by atoms with Crippen LogP contribution < -0.4 is 16.0 Å². The van der Waals surface area contributed by atoms with Gasteiger partial charge in [-0.1, -0.05) is 0 Å². The molecule has 1 unspecified atom stereocenters. The van der Waals surface area contributed by atoms with Crippen LogP contribution in [-0.4, -0.2) is 63.4 Å². The van der Waals surface area contributed by atoms with E-state index < -0.39 is 6.09 Å². The molecule has 1 amide bonds. The lowest BCUT2D eigenvalue weighted by molar-refractivity contribution is 0.00968. The average Bonchev–Trinajstić information content (AvgIpc) is 2.32. The molecule has 0 aliphatic carbocycles. The maximum Gasteiger partial charge on any atom is 0.406 e. The molecule has 2 rings (SSSR count). The highest BCUT2D eigenvalue weighted by Gasteiger charge is 2.13. The van der Waals surface area contributed by atoms with E-state index >= 15 is 0 Å². The topological polar surface area (TPSA) is 91.9 Å². The number of amides is 1. The van der Waals surface area contributed by atoms with Gasteiger partial charge in [0.1, 0.15) is 6.23 Å². The van der Waals surface area contributed by atoms with Gasteiger partial charge in [-0.3, -0.25) is 5.32 Å². The van der Waals surface area contributed by atoms with Gasteiger partial charge in [0.25, 0.3) is 0 Å². The molecular weight excluding hydrogens is 214 g/mol. The normalized spacial score (nSPS) is 25.1. The van der Waals surface area contributed by atoms with Gasteiger partial charge in [-0.05, 0) is 0 Å². The number of hydrogen-bond donors (Lipinski definition) is 4. The fourth-order valence-electron chi connectivity index (χ4n) is 1.31. The van der Waals surface area contributed by atoms with Crippen LogP contribution in [0, 0.1) is 0 Å². The highest BCUT2D eigenvalue weighted by molar-refractivity contribution is 5.64. The molecule has 0 saturated carbocycles. The van der Waals surface area contributed by atoms with E-state index in [-0.39, 0.29) is 6.23 Å².